The van der Waals surface area contributed by atoms with Crippen molar-refractivity contribution in [3.05, 3.63) is 29.3 Å². The predicted molar refractivity (Wildman–Crippen MR) is 69.9 cm³/mol. The fourth-order valence-corrected chi connectivity index (χ4v) is 1.74. The molecule has 1 aromatic carbocycles. The van der Waals surface area contributed by atoms with Crippen LogP contribution in [0.25, 0.3) is 0 Å². The first kappa shape index (κ1) is 15.5. The second-order valence-corrected chi connectivity index (χ2v) is 4.20. The first-order valence-electron chi connectivity index (χ1n) is 5.77. The monoisotopic (exact) mass is 286 g/mol. The summed E-state index contributed by atoms with van der Waals surface area (Å²) in [5.74, 6) is -1.09. The van der Waals surface area contributed by atoms with E-state index in [9.17, 15) is 14.7 Å². The molecular formula is C13H15ClO5. The van der Waals surface area contributed by atoms with Crippen LogP contribution in [0.4, 0.5) is 0 Å². The van der Waals surface area contributed by atoms with E-state index in [1.807, 2.05) is 0 Å². The largest absolute Gasteiger partial charge is 0.494 e. The molecule has 0 amide bonds. The van der Waals surface area contributed by atoms with Crippen LogP contribution in [0.5, 0.6) is 5.75 Å². The Balaban J connectivity index is 3.17. The van der Waals surface area contributed by atoms with E-state index in [-0.39, 0.29) is 29.2 Å². The van der Waals surface area contributed by atoms with Crippen LogP contribution in [0.3, 0.4) is 0 Å². The summed E-state index contributed by atoms with van der Waals surface area (Å²) in [5, 5.41) is 18.3. The Bertz CT molecular complexity index is 472. The van der Waals surface area contributed by atoms with Crippen molar-refractivity contribution in [1.29, 1.82) is 0 Å². The SMILES string of the molecule is CCOc1cc(C(=O)CCCl)cc(C(O)C(=O)O)c1. The number of aliphatic carboxylic acids is 1. The highest BCUT2D eigenvalue weighted by molar-refractivity contribution is 6.19. The number of hydrogen-bond donors (Lipinski definition) is 2. The first-order chi connectivity index (χ1) is 8.99. The van der Waals surface area contributed by atoms with Gasteiger partial charge in [0, 0.05) is 17.9 Å². The number of ether oxygens (including phenoxy) is 1. The minimum absolute atomic E-state index is 0.108. The van der Waals surface area contributed by atoms with Crippen LogP contribution in [0, 0.1) is 0 Å². The molecule has 1 atom stereocenters. The minimum Gasteiger partial charge on any atom is -0.494 e. The molecule has 0 saturated carbocycles. The van der Waals surface area contributed by atoms with Crippen LogP contribution < -0.4 is 4.74 Å². The van der Waals surface area contributed by atoms with Gasteiger partial charge >= 0.3 is 5.97 Å². The highest BCUT2D eigenvalue weighted by Crippen LogP contribution is 2.23. The second-order valence-electron chi connectivity index (χ2n) is 3.83. The lowest BCUT2D eigenvalue weighted by molar-refractivity contribution is -0.146. The van der Waals surface area contributed by atoms with E-state index in [2.05, 4.69) is 0 Å². The summed E-state index contributed by atoms with van der Waals surface area (Å²) in [6.07, 6.45) is -1.55. The number of ketones is 1. The second kappa shape index (κ2) is 7.11. The standard InChI is InChI=1S/C13H15ClO5/c1-2-19-10-6-8(11(15)3-4-14)5-9(7-10)12(16)13(17)18/h5-7,12,16H,2-4H2,1H3,(H,17,18). The lowest BCUT2D eigenvalue weighted by atomic mass is 10.0. The quantitative estimate of drug-likeness (QED) is 0.592. The molecule has 0 bridgehead atoms. The number of alkyl halides is 1. The lowest BCUT2D eigenvalue weighted by Gasteiger charge is -2.11. The molecule has 1 unspecified atom stereocenters. The Morgan fingerprint density at radius 2 is 2.05 bits per heavy atom. The summed E-state index contributed by atoms with van der Waals surface area (Å²) in [4.78, 5) is 22.6. The molecule has 1 aromatic rings. The van der Waals surface area contributed by atoms with Gasteiger partial charge in [-0.05, 0) is 30.7 Å². The van der Waals surface area contributed by atoms with Gasteiger partial charge in [-0.2, -0.15) is 0 Å². The molecule has 104 valence electrons. The molecule has 0 aliphatic rings. The van der Waals surface area contributed by atoms with Crippen LogP contribution in [0.15, 0.2) is 18.2 Å². The van der Waals surface area contributed by atoms with Crippen molar-refractivity contribution in [1.82, 2.24) is 0 Å². The van der Waals surface area contributed by atoms with E-state index < -0.39 is 12.1 Å². The topological polar surface area (TPSA) is 83.8 Å². The van der Waals surface area contributed by atoms with Gasteiger partial charge in [-0.1, -0.05) is 0 Å². The average molecular weight is 287 g/mol. The average Bonchev–Trinajstić information content (AvgIpc) is 2.38. The summed E-state index contributed by atoms with van der Waals surface area (Å²) >= 11 is 5.50. The van der Waals surface area contributed by atoms with Crippen molar-refractivity contribution in [2.45, 2.75) is 19.4 Å². The number of rotatable bonds is 7. The van der Waals surface area contributed by atoms with Gasteiger partial charge in [-0.15, -0.1) is 11.6 Å². The Morgan fingerprint density at radius 3 is 2.58 bits per heavy atom. The van der Waals surface area contributed by atoms with Crippen molar-refractivity contribution in [2.24, 2.45) is 0 Å². The van der Waals surface area contributed by atoms with E-state index in [4.69, 9.17) is 21.4 Å². The van der Waals surface area contributed by atoms with Crippen LogP contribution in [-0.2, 0) is 4.79 Å². The Hall–Kier alpha value is -1.59. The lowest BCUT2D eigenvalue weighted by Crippen LogP contribution is -2.12. The zero-order valence-electron chi connectivity index (χ0n) is 10.4. The highest BCUT2D eigenvalue weighted by atomic mass is 35.5. The number of hydrogen-bond acceptors (Lipinski definition) is 4. The van der Waals surface area contributed by atoms with E-state index >= 15 is 0 Å². The molecule has 0 heterocycles. The van der Waals surface area contributed by atoms with Gasteiger partial charge in [-0.25, -0.2) is 4.79 Å². The molecule has 0 radical (unpaired) electrons. The molecule has 0 saturated heterocycles. The zero-order chi connectivity index (χ0) is 14.4. The van der Waals surface area contributed by atoms with Crippen molar-refractivity contribution in [3.63, 3.8) is 0 Å². The van der Waals surface area contributed by atoms with E-state index in [1.165, 1.54) is 18.2 Å². The maximum Gasteiger partial charge on any atom is 0.337 e. The fourth-order valence-electron chi connectivity index (χ4n) is 1.56. The van der Waals surface area contributed by atoms with Gasteiger partial charge in [0.15, 0.2) is 11.9 Å². The van der Waals surface area contributed by atoms with Gasteiger partial charge in [0.2, 0.25) is 0 Å². The fraction of sp³-hybridized carbons (Fsp3) is 0.385. The maximum atomic E-state index is 11.8. The van der Waals surface area contributed by atoms with Gasteiger partial charge in [0.25, 0.3) is 0 Å². The molecule has 0 fully saturated rings. The Labute approximate surface area is 115 Å². The summed E-state index contributed by atoms with van der Waals surface area (Å²) in [6, 6.07) is 4.26. The number of halogens is 1. The summed E-state index contributed by atoms with van der Waals surface area (Å²) in [6.45, 7) is 2.14. The number of benzene rings is 1. The molecule has 19 heavy (non-hydrogen) atoms. The molecule has 6 heteroatoms. The molecular weight excluding hydrogens is 272 g/mol. The third-order valence-corrected chi connectivity index (χ3v) is 2.62. The van der Waals surface area contributed by atoms with Gasteiger partial charge < -0.3 is 14.9 Å². The summed E-state index contributed by atoms with van der Waals surface area (Å²) < 4.78 is 5.26. The third-order valence-electron chi connectivity index (χ3n) is 2.43. The summed E-state index contributed by atoms with van der Waals surface area (Å²) in [5.41, 5.74) is 0.387. The molecule has 0 spiro atoms. The number of carbonyl (C=O) groups is 2. The molecule has 0 aliphatic heterocycles. The minimum atomic E-state index is -1.69. The number of aliphatic hydroxyl groups excluding tert-OH is 1. The Kier molecular flexibility index (Phi) is 5.79. The molecule has 1 rings (SSSR count). The number of carboxylic acid groups (broad SMARTS) is 1. The van der Waals surface area contributed by atoms with Crippen LogP contribution in [0.1, 0.15) is 35.4 Å². The van der Waals surface area contributed by atoms with Crippen molar-refractivity contribution in [3.8, 4) is 5.75 Å². The van der Waals surface area contributed by atoms with Crippen molar-refractivity contribution < 1.29 is 24.5 Å². The predicted octanol–water partition coefficient (Wildman–Crippen LogP) is 2.01. The number of carboxylic acids is 1. The normalized spacial score (nSPS) is 11.9. The van der Waals surface area contributed by atoms with Crippen LogP contribution >= 0.6 is 11.6 Å². The van der Waals surface area contributed by atoms with Crippen molar-refractivity contribution in [2.75, 3.05) is 12.5 Å². The molecule has 0 aromatic heterocycles. The molecule has 2 N–H and O–H groups in total. The smallest absolute Gasteiger partial charge is 0.337 e. The number of aliphatic hydroxyl groups is 1. The van der Waals surface area contributed by atoms with Gasteiger partial charge in [-0.3, -0.25) is 4.79 Å². The van der Waals surface area contributed by atoms with Crippen LogP contribution in [0.2, 0.25) is 0 Å². The number of Topliss-reactive ketones (excluding diaryl/α,β-unsaturated/α-hetero) is 1. The van der Waals surface area contributed by atoms with E-state index in [0.717, 1.165) is 0 Å². The summed E-state index contributed by atoms with van der Waals surface area (Å²) in [7, 11) is 0. The van der Waals surface area contributed by atoms with E-state index in [0.29, 0.717) is 12.4 Å². The Morgan fingerprint density at radius 1 is 1.37 bits per heavy atom. The first-order valence-corrected chi connectivity index (χ1v) is 6.30. The molecule has 5 nitrogen and oxygen atoms in total. The van der Waals surface area contributed by atoms with Crippen LogP contribution in [-0.4, -0.2) is 34.5 Å². The zero-order valence-corrected chi connectivity index (χ0v) is 11.2. The third kappa shape index (κ3) is 4.22. The maximum absolute atomic E-state index is 11.8. The molecule has 0 aliphatic carbocycles. The number of carbonyl (C=O) groups excluding carboxylic acids is 1. The highest BCUT2D eigenvalue weighted by Gasteiger charge is 2.19. The van der Waals surface area contributed by atoms with Crippen molar-refractivity contribution >= 4 is 23.4 Å². The van der Waals surface area contributed by atoms with E-state index in [1.54, 1.807) is 6.92 Å². The van der Waals surface area contributed by atoms with Gasteiger partial charge in [0.05, 0.1) is 6.61 Å². The van der Waals surface area contributed by atoms with Gasteiger partial charge in [0.1, 0.15) is 5.75 Å².